The molecule has 2 aromatic carbocycles. The van der Waals surface area contributed by atoms with Crippen molar-refractivity contribution in [1.29, 1.82) is 0 Å². The summed E-state index contributed by atoms with van der Waals surface area (Å²) in [5, 5.41) is 7.31. The minimum Gasteiger partial charge on any atom is -0.495 e. The molecule has 28 heavy (non-hydrogen) atoms. The molecule has 0 saturated carbocycles. The fraction of sp³-hybridized carbons (Fsp3) is 0.227. The average molecular weight is 377 g/mol. The standard InChI is InChI=1S/C22H23N3O3/c1-15-10-12-19(28-4)18(14-15)23-21(27)22(2,3)25-20(26)13-11-17(24-25)16-8-6-5-7-9-16/h5-14H,1-4H3,(H,23,27). The van der Waals surface area contributed by atoms with Gasteiger partial charge in [-0.15, -0.1) is 0 Å². The second-order valence-electron chi connectivity index (χ2n) is 7.05. The monoisotopic (exact) mass is 377 g/mol. The van der Waals surface area contributed by atoms with E-state index in [1.165, 1.54) is 10.7 Å². The second kappa shape index (κ2) is 7.68. The lowest BCUT2D eigenvalue weighted by Gasteiger charge is -2.26. The summed E-state index contributed by atoms with van der Waals surface area (Å²) in [7, 11) is 1.54. The molecule has 1 heterocycles. The first-order valence-corrected chi connectivity index (χ1v) is 8.95. The fourth-order valence-corrected chi connectivity index (χ4v) is 2.87. The van der Waals surface area contributed by atoms with Crippen molar-refractivity contribution >= 4 is 11.6 Å². The zero-order chi connectivity index (χ0) is 20.3. The number of amides is 1. The summed E-state index contributed by atoms with van der Waals surface area (Å²) in [6, 6.07) is 18.1. The number of nitrogens with zero attached hydrogens (tertiary/aromatic N) is 2. The van der Waals surface area contributed by atoms with Gasteiger partial charge < -0.3 is 10.1 Å². The Morgan fingerprint density at radius 3 is 2.46 bits per heavy atom. The molecule has 0 radical (unpaired) electrons. The van der Waals surface area contributed by atoms with E-state index in [1.54, 1.807) is 33.1 Å². The number of hydrogen-bond acceptors (Lipinski definition) is 4. The molecule has 0 spiro atoms. The molecule has 3 aromatic rings. The first-order chi connectivity index (χ1) is 13.3. The van der Waals surface area contributed by atoms with E-state index in [0.29, 0.717) is 17.1 Å². The molecule has 1 amide bonds. The highest BCUT2D eigenvalue weighted by atomic mass is 16.5. The molecule has 0 bridgehead atoms. The minimum absolute atomic E-state index is 0.351. The number of methoxy groups -OCH3 is 1. The van der Waals surface area contributed by atoms with Crippen LogP contribution < -0.4 is 15.6 Å². The molecular formula is C22H23N3O3. The lowest BCUT2D eigenvalue weighted by atomic mass is 10.0. The Bertz CT molecular complexity index is 1060. The van der Waals surface area contributed by atoms with Gasteiger partial charge in [-0.3, -0.25) is 9.59 Å². The molecule has 3 rings (SSSR count). The van der Waals surface area contributed by atoms with Crippen LogP contribution in [0.3, 0.4) is 0 Å². The summed E-state index contributed by atoms with van der Waals surface area (Å²) in [6.07, 6.45) is 0. The van der Waals surface area contributed by atoms with Crippen LogP contribution in [0.4, 0.5) is 5.69 Å². The Balaban J connectivity index is 1.97. The lowest BCUT2D eigenvalue weighted by molar-refractivity contribution is -0.123. The molecule has 1 N–H and O–H groups in total. The van der Waals surface area contributed by atoms with E-state index in [-0.39, 0.29) is 11.5 Å². The van der Waals surface area contributed by atoms with Crippen LogP contribution in [-0.4, -0.2) is 22.8 Å². The number of benzene rings is 2. The maximum atomic E-state index is 13.0. The summed E-state index contributed by atoms with van der Waals surface area (Å²) in [4.78, 5) is 25.5. The van der Waals surface area contributed by atoms with Gasteiger partial charge in [0.05, 0.1) is 18.5 Å². The Morgan fingerprint density at radius 1 is 1.07 bits per heavy atom. The second-order valence-corrected chi connectivity index (χ2v) is 7.05. The predicted octanol–water partition coefficient (Wildman–Crippen LogP) is 3.60. The van der Waals surface area contributed by atoms with E-state index in [9.17, 15) is 9.59 Å². The normalized spacial score (nSPS) is 11.1. The number of aromatic nitrogens is 2. The Kier molecular flexibility index (Phi) is 5.31. The Morgan fingerprint density at radius 2 is 1.79 bits per heavy atom. The van der Waals surface area contributed by atoms with Crippen molar-refractivity contribution in [3.8, 4) is 17.0 Å². The Hall–Kier alpha value is -3.41. The topological polar surface area (TPSA) is 73.2 Å². The first-order valence-electron chi connectivity index (χ1n) is 8.95. The van der Waals surface area contributed by atoms with Gasteiger partial charge in [-0.2, -0.15) is 5.10 Å². The van der Waals surface area contributed by atoms with Crippen molar-refractivity contribution < 1.29 is 9.53 Å². The number of ether oxygens (including phenoxy) is 1. The number of nitrogens with one attached hydrogen (secondary N) is 1. The van der Waals surface area contributed by atoms with Crippen LogP contribution in [0.15, 0.2) is 65.5 Å². The van der Waals surface area contributed by atoms with Gasteiger partial charge in [-0.05, 0) is 44.5 Å². The number of carbonyl (C=O) groups is 1. The summed E-state index contributed by atoms with van der Waals surface area (Å²) >= 11 is 0. The summed E-state index contributed by atoms with van der Waals surface area (Å²) in [5.41, 5.74) is 1.46. The number of carbonyl (C=O) groups excluding carboxylic acids is 1. The average Bonchev–Trinajstić information content (AvgIpc) is 2.69. The number of hydrogen-bond donors (Lipinski definition) is 1. The van der Waals surface area contributed by atoms with Gasteiger partial charge in [0.2, 0.25) is 0 Å². The highest BCUT2D eigenvalue weighted by molar-refractivity contribution is 5.97. The molecule has 0 unspecified atom stereocenters. The van der Waals surface area contributed by atoms with E-state index in [0.717, 1.165) is 11.1 Å². The maximum Gasteiger partial charge on any atom is 0.267 e. The molecule has 0 fully saturated rings. The SMILES string of the molecule is COc1ccc(C)cc1NC(=O)C(C)(C)n1nc(-c2ccccc2)ccc1=O. The highest BCUT2D eigenvalue weighted by Crippen LogP contribution is 2.27. The van der Waals surface area contributed by atoms with Crippen molar-refractivity contribution in [1.82, 2.24) is 9.78 Å². The minimum atomic E-state index is -1.21. The van der Waals surface area contributed by atoms with E-state index >= 15 is 0 Å². The van der Waals surface area contributed by atoms with Crippen LogP contribution in [0.1, 0.15) is 19.4 Å². The van der Waals surface area contributed by atoms with Crippen LogP contribution >= 0.6 is 0 Å². The van der Waals surface area contributed by atoms with Crippen molar-refractivity contribution in [2.24, 2.45) is 0 Å². The smallest absolute Gasteiger partial charge is 0.267 e. The quantitative estimate of drug-likeness (QED) is 0.737. The molecule has 144 valence electrons. The van der Waals surface area contributed by atoms with Crippen LogP contribution in [0, 0.1) is 6.92 Å². The fourth-order valence-electron chi connectivity index (χ4n) is 2.87. The van der Waals surface area contributed by atoms with Gasteiger partial charge in [0.25, 0.3) is 11.5 Å². The molecule has 0 aliphatic rings. The van der Waals surface area contributed by atoms with E-state index in [2.05, 4.69) is 10.4 Å². The van der Waals surface area contributed by atoms with Crippen molar-refractivity contribution in [3.05, 3.63) is 76.6 Å². The van der Waals surface area contributed by atoms with Gasteiger partial charge in [0.15, 0.2) is 0 Å². The molecule has 0 aliphatic carbocycles. The zero-order valence-corrected chi connectivity index (χ0v) is 16.4. The van der Waals surface area contributed by atoms with Gasteiger partial charge in [-0.25, -0.2) is 4.68 Å². The third kappa shape index (κ3) is 3.81. The molecule has 0 atom stereocenters. The third-order valence-electron chi connectivity index (χ3n) is 4.56. The zero-order valence-electron chi connectivity index (χ0n) is 16.4. The molecule has 0 saturated heterocycles. The Labute approximate surface area is 163 Å². The van der Waals surface area contributed by atoms with Gasteiger partial charge in [-0.1, -0.05) is 36.4 Å². The van der Waals surface area contributed by atoms with E-state index in [1.807, 2.05) is 49.4 Å². The number of anilines is 1. The van der Waals surface area contributed by atoms with Crippen LogP contribution in [0.5, 0.6) is 5.75 Å². The van der Waals surface area contributed by atoms with Crippen molar-refractivity contribution in [2.45, 2.75) is 26.3 Å². The third-order valence-corrected chi connectivity index (χ3v) is 4.56. The molecule has 0 aliphatic heterocycles. The van der Waals surface area contributed by atoms with Crippen LogP contribution in [0.2, 0.25) is 0 Å². The lowest BCUT2D eigenvalue weighted by Crippen LogP contribution is -2.47. The molecule has 1 aromatic heterocycles. The van der Waals surface area contributed by atoms with Crippen molar-refractivity contribution in [3.63, 3.8) is 0 Å². The largest absolute Gasteiger partial charge is 0.495 e. The molecular weight excluding hydrogens is 354 g/mol. The van der Waals surface area contributed by atoms with Gasteiger partial charge >= 0.3 is 0 Å². The highest BCUT2D eigenvalue weighted by Gasteiger charge is 2.33. The van der Waals surface area contributed by atoms with Crippen LogP contribution in [0.25, 0.3) is 11.3 Å². The van der Waals surface area contributed by atoms with Gasteiger partial charge in [0, 0.05) is 11.6 Å². The number of rotatable bonds is 5. The summed E-state index contributed by atoms with van der Waals surface area (Å²) in [6.45, 7) is 5.25. The van der Waals surface area contributed by atoms with Crippen molar-refractivity contribution in [2.75, 3.05) is 12.4 Å². The maximum absolute atomic E-state index is 13.0. The molecule has 6 heteroatoms. The van der Waals surface area contributed by atoms with Crippen LogP contribution in [-0.2, 0) is 10.3 Å². The summed E-state index contributed by atoms with van der Waals surface area (Å²) in [5.74, 6) is 0.185. The number of aryl methyl sites for hydroxylation is 1. The van der Waals surface area contributed by atoms with Gasteiger partial charge in [0.1, 0.15) is 11.3 Å². The predicted molar refractivity (Wildman–Crippen MR) is 110 cm³/mol. The first kappa shape index (κ1) is 19.4. The van der Waals surface area contributed by atoms with E-state index < -0.39 is 5.54 Å². The van der Waals surface area contributed by atoms with E-state index in [4.69, 9.17) is 4.74 Å². The summed E-state index contributed by atoms with van der Waals surface area (Å²) < 4.78 is 6.54. The molecule has 6 nitrogen and oxygen atoms in total.